The van der Waals surface area contributed by atoms with Crippen molar-refractivity contribution in [2.45, 2.75) is 58.1 Å². The molecule has 1 atom stereocenters. The Bertz CT molecular complexity index is 370. The van der Waals surface area contributed by atoms with Crippen molar-refractivity contribution in [2.75, 3.05) is 0 Å². The Morgan fingerprint density at radius 3 is 2.35 bits per heavy atom. The predicted molar refractivity (Wildman–Crippen MR) is 74.1 cm³/mol. The number of nitrogens with one attached hydrogen (secondary N) is 1. The fourth-order valence-corrected chi connectivity index (χ4v) is 1.39. The molecule has 0 spiro atoms. The molecule has 6 heteroatoms. The average Bonchev–Trinajstić information content (AvgIpc) is 2.29. The molecule has 0 radical (unpaired) electrons. The van der Waals surface area contributed by atoms with Crippen LogP contribution in [0.25, 0.3) is 0 Å². The number of carboxylic acids is 1. The number of aliphatic carboxylic acids is 1. The summed E-state index contributed by atoms with van der Waals surface area (Å²) >= 11 is 0. The van der Waals surface area contributed by atoms with Gasteiger partial charge in [0, 0.05) is 12.8 Å². The number of hydrogen-bond acceptors (Lipinski definition) is 4. The largest absolute Gasteiger partial charge is 0.481 e. The first kappa shape index (κ1) is 18.1. The number of carbonyl (C=O) groups excluding carboxylic acids is 2. The molecule has 0 aliphatic heterocycles. The lowest BCUT2D eigenvalue weighted by Gasteiger charge is -2.24. The topological polar surface area (TPSA) is 92.7 Å². The lowest BCUT2D eigenvalue weighted by molar-refractivity contribution is -0.159. The molecule has 1 amide bonds. The number of rotatable bonds is 8. The minimum atomic E-state index is -1.03. The summed E-state index contributed by atoms with van der Waals surface area (Å²) in [6, 6.07) is -0.942. The van der Waals surface area contributed by atoms with Crippen LogP contribution >= 0.6 is 0 Å². The fraction of sp³-hybridized carbons (Fsp3) is 0.643. The van der Waals surface area contributed by atoms with Crippen LogP contribution < -0.4 is 5.32 Å². The molecule has 0 aromatic rings. The number of hydrogen-bond donors (Lipinski definition) is 2. The Morgan fingerprint density at radius 1 is 1.30 bits per heavy atom. The maximum Gasteiger partial charge on any atom is 0.329 e. The first-order valence-electron chi connectivity index (χ1n) is 6.50. The molecular formula is C14H23NO5. The number of allylic oxidation sites excluding steroid dienone is 1. The Morgan fingerprint density at radius 2 is 1.90 bits per heavy atom. The van der Waals surface area contributed by atoms with Gasteiger partial charge in [0.2, 0.25) is 5.91 Å². The minimum absolute atomic E-state index is 0.00404. The maximum absolute atomic E-state index is 11.9. The van der Waals surface area contributed by atoms with E-state index in [1.807, 2.05) is 0 Å². The predicted octanol–water partition coefficient (Wildman–Crippen LogP) is 1.64. The fourth-order valence-electron chi connectivity index (χ4n) is 1.39. The maximum atomic E-state index is 11.9. The van der Waals surface area contributed by atoms with Crippen LogP contribution in [0.2, 0.25) is 0 Å². The van der Waals surface area contributed by atoms with E-state index in [9.17, 15) is 14.4 Å². The van der Waals surface area contributed by atoms with E-state index in [2.05, 4.69) is 11.9 Å². The molecule has 0 aromatic heterocycles. The van der Waals surface area contributed by atoms with Gasteiger partial charge in [-0.2, -0.15) is 0 Å². The Hall–Kier alpha value is -1.85. The zero-order chi connectivity index (χ0) is 15.8. The molecule has 0 rings (SSSR count). The third kappa shape index (κ3) is 9.13. The van der Waals surface area contributed by atoms with E-state index in [-0.39, 0.29) is 25.2 Å². The molecule has 0 aromatic carbocycles. The minimum Gasteiger partial charge on any atom is -0.481 e. The van der Waals surface area contributed by atoms with Crippen molar-refractivity contribution in [3.8, 4) is 0 Å². The SMILES string of the molecule is C=CCCC(=O)N[C@@H](CCC(=O)O)C(=O)OC(C)(C)C. The number of amides is 1. The Kier molecular flexibility index (Phi) is 7.57. The molecule has 2 N–H and O–H groups in total. The molecular weight excluding hydrogens is 262 g/mol. The summed E-state index contributed by atoms with van der Waals surface area (Å²) in [7, 11) is 0. The van der Waals surface area contributed by atoms with E-state index in [4.69, 9.17) is 9.84 Å². The van der Waals surface area contributed by atoms with Gasteiger partial charge in [0.1, 0.15) is 11.6 Å². The van der Waals surface area contributed by atoms with E-state index < -0.39 is 23.6 Å². The highest BCUT2D eigenvalue weighted by Crippen LogP contribution is 2.11. The van der Waals surface area contributed by atoms with Crippen LogP contribution in [0.1, 0.15) is 46.5 Å². The van der Waals surface area contributed by atoms with Crippen LogP contribution in [-0.4, -0.2) is 34.6 Å². The molecule has 0 aliphatic rings. The summed E-state index contributed by atoms with van der Waals surface area (Å²) in [6.45, 7) is 8.63. The van der Waals surface area contributed by atoms with Crippen molar-refractivity contribution in [2.24, 2.45) is 0 Å². The van der Waals surface area contributed by atoms with Gasteiger partial charge in [-0.05, 0) is 33.6 Å². The Balaban J connectivity index is 4.62. The second kappa shape index (κ2) is 8.35. The van der Waals surface area contributed by atoms with Crippen molar-refractivity contribution in [3.63, 3.8) is 0 Å². The molecule has 20 heavy (non-hydrogen) atoms. The quantitative estimate of drug-likeness (QED) is 0.522. The second-order valence-electron chi connectivity index (χ2n) is 5.41. The van der Waals surface area contributed by atoms with Gasteiger partial charge in [0.05, 0.1) is 0 Å². The summed E-state index contributed by atoms with van der Waals surface area (Å²) in [6.07, 6.45) is 2.08. The van der Waals surface area contributed by atoms with Gasteiger partial charge in [-0.15, -0.1) is 6.58 Å². The van der Waals surface area contributed by atoms with Gasteiger partial charge < -0.3 is 15.2 Å². The highest BCUT2D eigenvalue weighted by atomic mass is 16.6. The summed E-state index contributed by atoms with van der Waals surface area (Å²) in [4.78, 5) is 34.1. The van der Waals surface area contributed by atoms with Crippen LogP contribution in [0.3, 0.4) is 0 Å². The lowest BCUT2D eigenvalue weighted by atomic mass is 10.1. The molecule has 0 aliphatic carbocycles. The molecule has 0 saturated carbocycles. The van der Waals surface area contributed by atoms with E-state index in [1.165, 1.54) is 0 Å². The third-order valence-electron chi connectivity index (χ3n) is 2.25. The van der Waals surface area contributed by atoms with Gasteiger partial charge in [0.15, 0.2) is 0 Å². The average molecular weight is 285 g/mol. The third-order valence-corrected chi connectivity index (χ3v) is 2.25. The van der Waals surface area contributed by atoms with Crippen molar-refractivity contribution < 1.29 is 24.2 Å². The van der Waals surface area contributed by atoms with Gasteiger partial charge in [-0.3, -0.25) is 9.59 Å². The molecule has 6 nitrogen and oxygen atoms in total. The first-order valence-corrected chi connectivity index (χ1v) is 6.50. The van der Waals surface area contributed by atoms with Gasteiger partial charge in [-0.25, -0.2) is 4.79 Å². The molecule has 0 fully saturated rings. The number of carboxylic acid groups (broad SMARTS) is 1. The van der Waals surface area contributed by atoms with Gasteiger partial charge in [0.25, 0.3) is 0 Å². The zero-order valence-electron chi connectivity index (χ0n) is 12.3. The van der Waals surface area contributed by atoms with E-state index in [0.29, 0.717) is 6.42 Å². The van der Waals surface area contributed by atoms with Crippen molar-refractivity contribution in [1.29, 1.82) is 0 Å². The normalized spacial score (nSPS) is 12.3. The zero-order valence-corrected chi connectivity index (χ0v) is 12.3. The highest BCUT2D eigenvalue weighted by Gasteiger charge is 2.26. The van der Waals surface area contributed by atoms with E-state index in [1.54, 1.807) is 26.8 Å². The van der Waals surface area contributed by atoms with E-state index >= 15 is 0 Å². The van der Waals surface area contributed by atoms with Crippen molar-refractivity contribution >= 4 is 17.8 Å². The summed E-state index contributed by atoms with van der Waals surface area (Å²) in [5.74, 6) is -1.98. The first-order chi connectivity index (χ1) is 9.15. The standard InChI is InChI=1S/C14H23NO5/c1-5-6-7-11(16)15-10(8-9-12(17)18)13(19)20-14(2,3)4/h5,10H,1,6-9H2,2-4H3,(H,15,16)(H,17,18)/t10-/m0/s1. The second-order valence-corrected chi connectivity index (χ2v) is 5.41. The van der Waals surface area contributed by atoms with Crippen LogP contribution in [0.4, 0.5) is 0 Å². The lowest BCUT2D eigenvalue weighted by Crippen LogP contribution is -2.44. The highest BCUT2D eigenvalue weighted by molar-refractivity contribution is 5.85. The van der Waals surface area contributed by atoms with Crippen LogP contribution in [0.15, 0.2) is 12.7 Å². The number of esters is 1. The number of ether oxygens (including phenoxy) is 1. The molecule has 0 bridgehead atoms. The van der Waals surface area contributed by atoms with Crippen LogP contribution in [-0.2, 0) is 19.1 Å². The van der Waals surface area contributed by atoms with Gasteiger partial charge >= 0.3 is 11.9 Å². The van der Waals surface area contributed by atoms with Crippen molar-refractivity contribution in [3.05, 3.63) is 12.7 Å². The monoisotopic (exact) mass is 285 g/mol. The van der Waals surface area contributed by atoms with Crippen LogP contribution in [0.5, 0.6) is 0 Å². The van der Waals surface area contributed by atoms with Crippen LogP contribution in [0, 0.1) is 0 Å². The molecule has 0 unspecified atom stereocenters. The number of carbonyl (C=O) groups is 3. The summed E-state index contributed by atoms with van der Waals surface area (Å²) in [5.41, 5.74) is -0.690. The van der Waals surface area contributed by atoms with Crippen molar-refractivity contribution in [1.82, 2.24) is 5.32 Å². The smallest absolute Gasteiger partial charge is 0.329 e. The summed E-state index contributed by atoms with van der Waals surface area (Å²) in [5, 5.41) is 11.2. The van der Waals surface area contributed by atoms with E-state index in [0.717, 1.165) is 0 Å². The Labute approximate surface area is 119 Å². The summed E-state index contributed by atoms with van der Waals surface area (Å²) < 4.78 is 5.17. The van der Waals surface area contributed by atoms with Gasteiger partial charge in [-0.1, -0.05) is 6.08 Å². The molecule has 0 saturated heterocycles. The molecule has 0 heterocycles. The molecule has 114 valence electrons.